The molecule has 0 unspecified atom stereocenters. The minimum atomic E-state index is 0.626. The topological polar surface area (TPSA) is 34.4 Å². The number of benzene rings is 1. The maximum atomic E-state index is 11.7. The number of rotatable bonds is 3. The molecule has 0 saturated heterocycles. The summed E-state index contributed by atoms with van der Waals surface area (Å²) in [6.45, 7) is 2.07. The molecular weight excluding hydrogens is 312 g/mol. The maximum absolute atomic E-state index is 11.7. The lowest BCUT2D eigenvalue weighted by Gasteiger charge is -2.03. The Morgan fingerprint density at radius 2 is 1.95 bits per heavy atom. The van der Waals surface area contributed by atoms with Gasteiger partial charge in [-0.3, -0.25) is 9.20 Å². The van der Waals surface area contributed by atoms with Crippen molar-refractivity contribution in [1.82, 2.24) is 9.38 Å². The highest BCUT2D eigenvalue weighted by Gasteiger charge is 2.21. The fourth-order valence-corrected chi connectivity index (χ4v) is 4.39. The maximum Gasteiger partial charge on any atom is 0.195 e. The summed E-state index contributed by atoms with van der Waals surface area (Å²) in [5, 5.41) is 2.00. The Bertz CT molecular complexity index is 950. The zero-order valence-corrected chi connectivity index (χ0v) is 13.4. The number of carbonyl (C=O) groups excluding carboxylic acids is 1. The van der Waals surface area contributed by atoms with Crippen molar-refractivity contribution in [3.8, 4) is 21.8 Å². The van der Waals surface area contributed by atoms with E-state index in [1.165, 1.54) is 0 Å². The van der Waals surface area contributed by atoms with Crippen molar-refractivity contribution in [2.75, 3.05) is 0 Å². The third kappa shape index (κ3) is 1.94. The quantitative estimate of drug-likeness (QED) is 0.502. The number of nitrogens with zero attached hydrogens (tertiary/aromatic N) is 2. The van der Waals surface area contributed by atoms with Crippen molar-refractivity contribution in [2.24, 2.45) is 0 Å². The van der Waals surface area contributed by atoms with Crippen LogP contribution >= 0.6 is 22.7 Å². The van der Waals surface area contributed by atoms with Gasteiger partial charge in [0.2, 0.25) is 0 Å². The predicted molar refractivity (Wildman–Crippen MR) is 91.9 cm³/mol. The van der Waals surface area contributed by atoms with Gasteiger partial charge >= 0.3 is 0 Å². The van der Waals surface area contributed by atoms with E-state index in [1.807, 2.05) is 40.1 Å². The minimum Gasteiger partial charge on any atom is -0.296 e. The molecule has 22 heavy (non-hydrogen) atoms. The van der Waals surface area contributed by atoms with Gasteiger partial charge in [-0.05, 0) is 23.9 Å². The summed E-state index contributed by atoms with van der Waals surface area (Å²) < 4.78 is 1.98. The average molecular weight is 324 g/mol. The molecule has 0 radical (unpaired) electrons. The number of thiazole rings is 1. The van der Waals surface area contributed by atoms with E-state index in [2.05, 4.69) is 19.1 Å². The van der Waals surface area contributed by atoms with Gasteiger partial charge in [0, 0.05) is 4.88 Å². The summed E-state index contributed by atoms with van der Waals surface area (Å²) in [5.74, 6) is 0. The van der Waals surface area contributed by atoms with Crippen LogP contribution in [0.3, 0.4) is 0 Å². The number of aromatic nitrogens is 2. The lowest BCUT2D eigenvalue weighted by Crippen LogP contribution is -1.94. The van der Waals surface area contributed by atoms with Crippen molar-refractivity contribution in [3.63, 3.8) is 0 Å². The van der Waals surface area contributed by atoms with Gasteiger partial charge in [-0.15, -0.1) is 22.7 Å². The van der Waals surface area contributed by atoms with Crippen LogP contribution in [-0.4, -0.2) is 15.7 Å². The van der Waals surface area contributed by atoms with Crippen LogP contribution in [0, 0.1) is 6.92 Å². The number of thiophene rings is 1. The molecule has 3 nitrogen and oxygen atoms in total. The van der Waals surface area contributed by atoms with Gasteiger partial charge in [-0.2, -0.15) is 0 Å². The molecule has 1 aromatic carbocycles. The van der Waals surface area contributed by atoms with Crippen LogP contribution in [-0.2, 0) is 0 Å². The van der Waals surface area contributed by atoms with E-state index >= 15 is 0 Å². The van der Waals surface area contributed by atoms with Crippen molar-refractivity contribution >= 4 is 33.9 Å². The summed E-state index contributed by atoms with van der Waals surface area (Å²) in [6.07, 6.45) is 0.910. The molecule has 0 saturated carbocycles. The first-order chi connectivity index (χ1) is 10.8. The molecule has 0 atom stereocenters. The van der Waals surface area contributed by atoms with Crippen LogP contribution in [0.5, 0.6) is 0 Å². The van der Waals surface area contributed by atoms with E-state index in [0.29, 0.717) is 5.69 Å². The number of hydrogen-bond acceptors (Lipinski definition) is 4. The predicted octanol–water partition coefficient (Wildman–Crippen LogP) is 4.91. The summed E-state index contributed by atoms with van der Waals surface area (Å²) >= 11 is 3.22. The molecule has 0 spiro atoms. The number of carbonyl (C=O) groups is 1. The van der Waals surface area contributed by atoms with Crippen LogP contribution < -0.4 is 0 Å². The molecule has 0 aliphatic carbocycles. The molecule has 0 N–H and O–H groups in total. The molecule has 0 amide bonds. The SMILES string of the molecule is Cc1sc2nc(-c3cccs3)c(C=O)n2c1-c1ccccc1. The molecule has 0 bridgehead atoms. The Labute approximate surface area is 135 Å². The Hall–Kier alpha value is -2.24. The first-order valence-electron chi connectivity index (χ1n) is 6.86. The lowest BCUT2D eigenvalue weighted by molar-refractivity contribution is 0.111. The molecule has 5 heteroatoms. The Morgan fingerprint density at radius 1 is 1.14 bits per heavy atom. The molecule has 4 rings (SSSR count). The summed E-state index contributed by atoms with van der Waals surface area (Å²) in [4.78, 5) is 19.5. The molecule has 4 aromatic rings. The average Bonchev–Trinajstić information content (AvgIpc) is 3.22. The number of hydrogen-bond donors (Lipinski definition) is 0. The number of aldehydes is 1. The summed E-state index contributed by atoms with van der Waals surface area (Å²) in [5.41, 5.74) is 3.55. The van der Waals surface area contributed by atoms with Gasteiger partial charge in [0.05, 0.1) is 10.6 Å². The Morgan fingerprint density at radius 3 is 2.64 bits per heavy atom. The highest BCUT2D eigenvalue weighted by atomic mass is 32.1. The number of aryl methyl sites for hydroxylation is 1. The van der Waals surface area contributed by atoms with Gasteiger partial charge in [0.15, 0.2) is 11.2 Å². The van der Waals surface area contributed by atoms with Crippen LogP contribution in [0.1, 0.15) is 15.4 Å². The van der Waals surface area contributed by atoms with Gasteiger partial charge in [0.25, 0.3) is 0 Å². The van der Waals surface area contributed by atoms with E-state index in [0.717, 1.165) is 38.0 Å². The fourth-order valence-electron chi connectivity index (χ4n) is 2.67. The van der Waals surface area contributed by atoms with E-state index in [9.17, 15) is 4.79 Å². The first kappa shape index (κ1) is 13.4. The molecule has 0 aliphatic heterocycles. The molecule has 108 valence electrons. The number of fused-ring (bicyclic) bond motifs is 1. The monoisotopic (exact) mass is 324 g/mol. The summed E-state index contributed by atoms with van der Waals surface area (Å²) in [6, 6.07) is 14.1. The number of imidazole rings is 1. The highest BCUT2D eigenvalue weighted by molar-refractivity contribution is 7.17. The second kappa shape index (κ2) is 5.19. The van der Waals surface area contributed by atoms with Crippen LogP contribution in [0.15, 0.2) is 47.8 Å². The molecule has 0 aliphatic rings. The van der Waals surface area contributed by atoms with Gasteiger partial charge in [-0.25, -0.2) is 4.98 Å². The Balaban J connectivity index is 2.06. The zero-order chi connectivity index (χ0) is 15.1. The Kier molecular flexibility index (Phi) is 3.17. The van der Waals surface area contributed by atoms with Crippen molar-refractivity contribution in [1.29, 1.82) is 0 Å². The normalized spacial score (nSPS) is 11.1. The first-order valence-corrected chi connectivity index (χ1v) is 8.55. The lowest BCUT2D eigenvalue weighted by atomic mass is 10.1. The van der Waals surface area contributed by atoms with Gasteiger partial charge < -0.3 is 0 Å². The second-order valence-corrected chi connectivity index (χ2v) is 7.06. The smallest absolute Gasteiger partial charge is 0.195 e. The van der Waals surface area contributed by atoms with Crippen molar-refractivity contribution < 1.29 is 4.79 Å². The standard InChI is InChI=1S/C17H12N2OS2/c1-11-16(12-6-3-2-4-7-12)19-13(10-20)15(18-17(19)22-11)14-8-5-9-21-14/h2-10H,1H3. The van der Waals surface area contributed by atoms with Crippen molar-refractivity contribution in [3.05, 3.63) is 58.4 Å². The minimum absolute atomic E-state index is 0.626. The van der Waals surface area contributed by atoms with Crippen LogP contribution in [0.2, 0.25) is 0 Å². The van der Waals surface area contributed by atoms with E-state index in [-0.39, 0.29) is 0 Å². The van der Waals surface area contributed by atoms with Gasteiger partial charge in [0.1, 0.15) is 11.4 Å². The molecule has 3 aromatic heterocycles. The largest absolute Gasteiger partial charge is 0.296 e. The summed E-state index contributed by atoms with van der Waals surface area (Å²) in [7, 11) is 0. The molecule has 0 fully saturated rings. The second-order valence-electron chi connectivity index (χ2n) is 4.93. The van der Waals surface area contributed by atoms with Crippen LogP contribution in [0.4, 0.5) is 0 Å². The molecule has 3 heterocycles. The van der Waals surface area contributed by atoms with E-state index in [1.54, 1.807) is 22.7 Å². The van der Waals surface area contributed by atoms with Crippen LogP contribution in [0.25, 0.3) is 26.8 Å². The third-order valence-electron chi connectivity index (χ3n) is 3.60. The fraction of sp³-hybridized carbons (Fsp3) is 0.0588. The zero-order valence-electron chi connectivity index (χ0n) is 11.8. The highest BCUT2D eigenvalue weighted by Crippen LogP contribution is 2.36. The van der Waals surface area contributed by atoms with Gasteiger partial charge in [-0.1, -0.05) is 36.4 Å². The van der Waals surface area contributed by atoms with Crippen molar-refractivity contribution in [2.45, 2.75) is 6.92 Å². The van der Waals surface area contributed by atoms with E-state index in [4.69, 9.17) is 4.98 Å². The third-order valence-corrected chi connectivity index (χ3v) is 5.43. The van der Waals surface area contributed by atoms with E-state index < -0.39 is 0 Å². The molecular formula is C17H12N2OS2.